The topological polar surface area (TPSA) is 66.5 Å². The Morgan fingerprint density at radius 1 is 1.33 bits per heavy atom. The summed E-state index contributed by atoms with van der Waals surface area (Å²) >= 11 is 0. The summed E-state index contributed by atoms with van der Waals surface area (Å²) in [4.78, 5) is 14.4. The molecule has 0 radical (unpaired) electrons. The Hall–Kier alpha value is -0.460. The Balaban J connectivity index is 2.01. The van der Waals surface area contributed by atoms with E-state index in [0.29, 0.717) is 18.9 Å². The minimum Gasteiger partial charge on any atom is -0.309 e. The van der Waals surface area contributed by atoms with Gasteiger partial charge in [-0.15, -0.1) is 0 Å². The van der Waals surface area contributed by atoms with Crippen LogP contribution in [0.3, 0.4) is 0 Å². The van der Waals surface area contributed by atoms with Gasteiger partial charge in [0, 0.05) is 18.4 Å². The fourth-order valence-electron chi connectivity index (χ4n) is 4.11. The Labute approximate surface area is 128 Å². The number of Topliss-reactive ketones (excluding diaryl/α,β-unsaturated/α-hetero) is 1. The molecule has 2 fully saturated rings. The first kappa shape index (κ1) is 16.9. The molecule has 6 heteroatoms. The standard InChI is InChI=1S/C15H28N2O3S/c1-14(2)12-6-7-15(14,13(18)10-12)11-21(19,20)16-8-5-9-17(3)4/h12,16H,5-11H2,1-4H3/t12-,15+/m0/s1. The third-order valence-electron chi connectivity index (χ3n) is 5.68. The van der Waals surface area contributed by atoms with E-state index in [4.69, 9.17) is 0 Å². The molecule has 0 unspecified atom stereocenters. The van der Waals surface area contributed by atoms with E-state index in [0.717, 1.165) is 25.8 Å². The van der Waals surface area contributed by atoms with E-state index in [2.05, 4.69) is 18.6 Å². The smallest absolute Gasteiger partial charge is 0.212 e. The summed E-state index contributed by atoms with van der Waals surface area (Å²) in [6.45, 7) is 5.42. The van der Waals surface area contributed by atoms with Crippen LogP contribution in [-0.2, 0) is 14.8 Å². The SMILES string of the molecule is CN(C)CCCNS(=O)(=O)C[C@]12CC[C@@H](CC1=O)C2(C)C. The summed E-state index contributed by atoms with van der Waals surface area (Å²) in [5.41, 5.74) is -0.854. The van der Waals surface area contributed by atoms with Crippen LogP contribution in [0.4, 0.5) is 0 Å². The van der Waals surface area contributed by atoms with Crippen molar-refractivity contribution in [3.05, 3.63) is 0 Å². The second-order valence-electron chi connectivity index (χ2n) is 7.48. The van der Waals surface area contributed by atoms with Crippen LogP contribution in [0, 0.1) is 16.7 Å². The van der Waals surface area contributed by atoms with Crippen LogP contribution in [0.5, 0.6) is 0 Å². The van der Waals surface area contributed by atoms with Gasteiger partial charge in [0.05, 0.1) is 5.75 Å². The molecule has 5 nitrogen and oxygen atoms in total. The van der Waals surface area contributed by atoms with Crippen LogP contribution < -0.4 is 4.72 Å². The van der Waals surface area contributed by atoms with Gasteiger partial charge >= 0.3 is 0 Å². The number of sulfonamides is 1. The Bertz CT molecular complexity index is 513. The molecule has 0 aromatic heterocycles. The maximum Gasteiger partial charge on any atom is 0.212 e. The lowest BCUT2D eigenvalue weighted by atomic mass is 9.70. The van der Waals surface area contributed by atoms with Gasteiger partial charge in [-0.05, 0) is 51.2 Å². The van der Waals surface area contributed by atoms with Crippen molar-refractivity contribution in [3.8, 4) is 0 Å². The van der Waals surface area contributed by atoms with Crippen molar-refractivity contribution in [1.29, 1.82) is 0 Å². The molecule has 2 atom stereocenters. The van der Waals surface area contributed by atoms with Crippen molar-refractivity contribution in [3.63, 3.8) is 0 Å². The molecular formula is C15H28N2O3S. The van der Waals surface area contributed by atoms with Crippen LogP contribution in [0.25, 0.3) is 0 Å². The molecular weight excluding hydrogens is 288 g/mol. The highest BCUT2D eigenvalue weighted by Gasteiger charge is 2.65. The molecule has 122 valence electrons. The van der Waals surface area contributed by atoms with Crippen molar-refractivity contribution >= 4 is 15.8 Å². The van der Waals surface area contributed by atoms with Gasteiger partial charge < -0.3 is 4.90 Å². The zero-order valence-electron chi connectivity index (χ0n) is 13.6. The Kier molecular flexibility index (Phi) is 4.53. The summed E-state index contributed by atoms with van der Waals surface area (Å²) in [6, 6.07) is 0. The molecule has 0 heterocycles. The minimum atomic E-state index is -3.40. The van der Waals surface area contributed by atoms with Gasteiger partial charge in [-0.25, -0.2) is 13.1 Å². The highest BCUT2D eigenvalue weighted by atomic mass is 32.2. The van der Waals surface area contributed by atoms with Gasteiger partial charge in [0.25, 0.3) is 0 Å². The van der Waals surface area contributed by atoms with Gasteiger partial charge in [0.1, 0.15) is 5.78 Å². The molecule has 0 amide bonds. The van der Waals surface area contributed by atoms with Gasteiger partial charge in [-0.3, -0.25) is 4.79 Å². The predicted octanol–water partition coefficient (Wildman–Crippen LogP) is 1.25. The number of nitrogens with zero attached hydrogens (tertiary/aromatic N) is 1. The molecule has 0 aromatic rings. The van der Waals surface area contributed by atoms with Gasteiger partial charge in [-0.1, -0.05) is 13.8 Å². The quantitative estimate of drug-likeness (QED) is 0.718. The zero-order chi connectivity index (χ0) is 15.9. The summed E-state index contributed by atoms with van der Waals surface area (Å²) in [7, 11) is 0.528. The number of ketones is 1. The summed E-state index contributed by atoms with van der Waals surface area (Å²) in [6.07, 6.45) is 3.04. The van der Waals surface area contributed by atoms with E-state index < -0.39 is 15.4 Å². The highest BCUT2D eigenvalue weighted by molar-refractivity contribution is 7.89. The van der Waals surface area contributed by atoms with Gasteiger partial charge in [-0.2, -0.15) is 0 Å². The van der Waals surface area contributed by atoms with Crippen molar-refractivity contribution in [2.24, 2.45) is 16.7 Å². The minimum absolute atomic E-state index is 0.0374. The van der Waals surface area contributed by atoms with Crippen molar-refractivity contribution in [2.45, 2.75) is 39.5 Å². The van der Waals surface area contributed by atoms with Crippen LogP contribution in [0.1, 0.15) is 39.5 Å². The molecule has 0 aliphatic heterocycles. The second-order valence-corrected chi connectivity index (χ2v) is 9.28. The largest absolute Gasteiger partial charge is 0.309 e. The lowest BCUT2D eigenvalue weighted by Crippen LogP contribution is -2.45. The Morgan fingerprint density at radius 2 is 2.00 bits per heavy atom. The number of carbonyl (C=O) groups excluding carboxylic acids is 1. The molecule has 2 aliphatic carbocycles. The molecule has 21 heavy (non-hydrogen) atoms. The van der Waals surface area contributed by atoms with Crippen molar-refractivity contribution in [2.75, 3.05) is 32.9 Å². The van der Waals surface area contributed by atoms with Crippen LogP contribution in [-0.4, -0.2) is 52.0 Å². The zero-order valence-corrected chi connectivity index (χ0v) is 14.4. The molecule has 2 saturated carbocycles. The number of carbonyl (C=O) groups is 1. The second kappa shape index (κ2) is 5.63. The fraction of sp³-hybridized carbons (Fsp3) is 0.933. The number of hydrogen-bond acceptors (Lipinski definition) is 4. The molecule has 2 bridgehead atoms. The normalized spacial score (nSPS) is 31.3. The van der Waals surface area contributed by atoms with Gasteiger partial charge in [0.2, 0.25) is 10.0 Å². The molecule has 0 spiro atoms. The summed E-state index contributed by atoms with van der Waals surface area (Å²) in [5, 5.41) is 0. The maximum absolute atomic E-state index is 12.4. The van der Waals surface area contributed by atoms with Crippen LogP contribution >= 0.6 is 0 Å². The van der Waals surface area contributed by atoms with E-state index in [1.807, 2.05) is 19.0 Å². The first-order valence-corrected chi connectivity index (χ1v) is 9.41. The average Bonchev–Trinajstić information content (AvgIpc) is 2.68. The molecule has 1 N–H and O–H groups in total. The van der Waals surface area contributed by atoms with E-state index in [1.165, 1.54) is 0 Å². The number of nitrogens with one attached hydrogen (secondary N) is 1. The summed E-state index contributed by atoms with van der Waals surface area (Å²) < 4.78 is 27.4. The summed E-state index contributed by atoms with van der Waals surface area (Å²) in [5.74, 6) is 0.473. The van der Waals surface area contributed by atoms with E-state index in [-0.39, 0.29) is 17.0 Å². The maximum atomic E-state index is 12.4. The third kappa shape index (κ3) is 3.03. The monoisotopic (exact) mass is 316 g/mol. The first-order valence-electron chi connectivity index (χ1n) is 7.76. The van der Waals surface area contributed by atoms with E-state index in [1.54, 1.807) is 0 Å². The van der Waals surface area contributed by atoms with E-state index in [9.17, 15) is 13.2 Å². The molecule has 2 rings (SSSR count). The fourth-order valence-corrected chi connectivity index (χ4v) is 5.99. The molecule has 0 saturated heterocycles. The van der Waals surface area contributed by atoms with Crippen LogP contribution in [0.2, 0.25) is 0 Å². The number of rotatable bonds is 7. The van der Waals surface area contributed by atoms with E-state index >= 15 is 0 Å². The Morgan fingerprint density at radius 3 is 2.48 bits per heavy atom. The van der Waals surface area contributed by atoms with Crippen molar-refractivity contribution < 1.29 is 13.2 Å². The van der Waals surface area contributed by atoms with Gasteiger partial charge in [0.15, 0.2) is 0 Å². The lowest BCUT2D eigenvalue weighted by molar-refractivity contribution is -0.128. The number of fused-ring (bicyclic) bond motifs is 2. The van der Waals surface area contributed by atoms with Crippen LogP contribution in [0.15, 0.2) is 0 Å². The third-order valence-corrected chi connectivity index (χ3v) is 7.20. The first-order chi connectivity index (χ1) is 9.61. The lowest BCUT2D eigenvalue weighted by Gasteiger charge is -2.36. The average molecular weight is 316 g/mol. The van der Waals surface area contributed by atoms with Crippen molar-refractivity contribution in [1.82, 2.24) is 9.62 Å². The number of hydrogen-bond donors (Lipinski definition) is 1. The molecule has 0 aromatic carbocycles. The highest BCUT2D eigenvalue weighted by Crippen LogP contribution is 2.64. The molecule has 2 aliphatic rings. The predicted molar refractivity (Wildman–Crippen MR) is 83.5 cm³/mol.